The molecule has 0 atom stereocenters. The van der Waals surface area contributed by atoms with Gasteiger partial charge in [0.1, 0.15) is 24.5 Å². The van der Waals surface area contributed by atoms with Gasteiger partial charge < -0.3 is 14.6 Å². The van der Waals surface area contributed by atoms with E-state index in [1.165, 1.54) is 6.07 Å². The molecule has 0 aliphatic carbocycles. The van der Waals surface area contributed by atoms with Crippen LogP contribution in [0.4, 0.5) is 17.6 Å². The fourth-order valence-electron chi connectivity index (χ4n) is 2.20. The lowest BCUT2D eigenvalue weighted by atomic mass is 10.2. The Morgan fingerprint density at radius 3 is 1.72 bits per heavy atom. The number of carbonyl (C=O) groups is 2. The SMILES string of the molecule is O=C(OCCOC(=O)c1c(I)cc(I)c(O)c1I)c1c(F)c(F)c(S(=O)(=O)O)c(F)c1F. The standard InChI is InChI=1S/C16H7F4I3O8S/c17-8-7(9(18)11(20)14(10(8)19)32(27,28)29)16(26)31-2-1-30-15(25)6-4(21)3-5(22)13(24)12(6)23/h3,24H,1-2H2,(H,27,28,29). The zero-order valence-electron chi connectivity index (χ0n) is 14.9. The second-order valence-corrected chi connectivity index (χ2v) is 10.3. The molecule has 0 radical (unpaired) electrons. The largest absolute Gasteiger partial charge is 0.506 e. The summed E-state index contributed by atoms with van der Waals surface area (Å²) in [5, 5.41) is 9.92. The van der Waals surface area contributed by atoms with Gasteiger partial charge in [0.2, 0.25) is 0 Å². The van der Waals surface area contributed by atoms with E-state index in [-0.39, 0.29) is 14.9 Å². The second-order valence-electron chi connectivity index (χ2n) is 5.58. The topological polar surface area (TPSA) is 127 Å². The number of hydrogen-bond donors (Lipinski definition) is 2. The molecule has 2 aromatic rings. The zero-order valence-corrected chi connectivity index (χ0v) is 22.2. The first kappa shape index (κ1) is 27.2. The van der Waals surface area contributed by atoms with Gasteiger partial charge in [0.15, 0.2) is 28.2 Å². The summed E-state index contributed by atoms with van der Waals surface area (Å²) in [5.41, 5.74) is -1.87. The van der Waals surface area contributed by atoms with Gasteiger partial charge in [-0.3, -0.25) is 4.55 Å². The van der Waals surface area contributed by atoms with E-state index in [1.807, 2.05) is 45.2 Å². The average molecular weight is 816 g/mol. The highest BCUT2D eigenvalue weighted by Crippen LogP contribution is 2.33. The monoisotopic (exact) mass is 816 g/mol. The Morgan fingerprint density at radius 2 is 1.28 bits per heavy atom. The van der Waals surface area contributed by atoms with Crippen molar-refractivity contribution in [1.82, 2.24) is 0 Å². The lowest BCUT2D eigenvalue weighted by Crippen LogP contribution is -2.20. The minimum Gasteiger partial charge on any atom is -0.506 e. The van der Waals surface area contributed by atoms with Crippen molar-refractivity contribution in [3.63, 3.8) is 0 Å². The highest BCUT2D eigenvalue weighted by atomic mass is 127. The molecule has 0 aliphatic heterocycles. The van der Waals surface area contributed by atoms with Crippen molar-refractivity contribution in [1.29, 1.82) is 0 Å². The molecule has 2 aromatic carbocycles. The molecule has 0 heterocycles. The number of carbonyl (C=O) groups excluding carboxylic acids is 2. The molecule has 0 bridgehead atoms. The Hall–Kier alpha value is -1.00. The number of ether oxygens (including phenoxy) is 2. The molecule has 0 saturated carbocycles. The number of phenolic OH excluding ortho intramolecular Hbond substituents is 1. The molecular formula is C16H7F4I3O8S. The van der Waals surface area contributed by atoms with Crippen LogP contribution in [-0.2, 0) is 19.6 Å². The molecule has 0 aliphatic rings. The third-order valence-corrected chi connectivity index (χ3v) is 7.18. The van der Waals surface area contributed by atoms with Crippen molar-refractivity contribution in [3.05, 3.63) is 51.2 Å². The van der Waals surface area contributed by atoms with Gasteiger partial charge in [0.05, 0.1) is 12.7 Å². The summed E-state index contributed by atoms with van der Waals surface area (Å²) in [6, 6.07) is 1.50. The van der Waals surface area contributed by atoms with Crippen LogP contribution in [0.1, 0.15) is 20.7 Å². The Morgan fingerprint density at radius 1 is 0.844 bits per heavy atom. The van der Waals surface area contributed by atoms with Crippen molar-refractivity contribution in [2.45, 2.75) is 4.90 Å². The summed E-state index contributed by atoms with van der Waals surface area (Å²) in [6.45, 7) is -1.43. The molecule has 32 heavy (non-hydrogen) atoms. The molecule has 8 nitrogen and oxygen atoms in total. The van der Waals surface area contributed by atoms with Crippen molar-refractivity contribution in [2.75, 3.05) is 13.2 Å². The predicted molar refractivity (Wildman–Crippen MR) is 123 cm³/mol. The Bertz CT molecular complexity index is 1210. The number of benzene rings is 2. The molecule has 2 N–H and O–H groups in total. The molecule has 0 aromatic heterocycles. The Balaban J connectivity index is 2.14. The van der Waals surface area contributed by atoms with E-state index in [0.717, 1.165) is 0 Å². The second kappa shape index (κ2) is 10.5. The Labute approximate surface area is 217 Å². The van der Waals surface area contributed by atoms with E-state index in [2.05, 4.69) is 4.74 Å². The maximum absolute atomic E-state index is 13.9. The first-order valence-electron chi connectivity index (χ1n) is 7.74. The number of aromatic hydroxyl groups is 1. The third kappa shape index (κ3) is 5.55. The summed E-state index contributed by atoms with van der Waals surface area (Å²) in [4.78, 5) is 21.7. The van der Waals surface area contributed by atoms with Crippen LogP contribution in [0.2, 0.25) is 0 Å². The van der Waals surface area contributed by atoms with Crippen LogP contribution in [0.3, 0.4) is 0 Å². The molecule has 174 valence electrons. The van der Waals surface area contributed by atoms with Crippen LogP contribution in [0.15, 0.2) is 11.0 Å². The summed E-state index contributed by atoms with van der Waals surface area (Å²) < 4.78 is 96.3. The van der Waals surface area contributed by atoms with Crippen LogP contribution in [0.5, 0.6) is 5.75 Å². The number of halogens is 7. The highest BCUT2D eigenvalue weighted by Gasteiger charge is 2.35. The normalized spacial score (nSPS) is 11.4. The third-order valence-electron chi connectivity index (χ3n) is 3.58. The molecule has 0 unspecified atom stereocenters. The summed E-state index contributed by atoms with van der Waals surface area (Å²) in [7, 11) is -5.68. The Kier molecular flexibility index (Phi) is 8.95. The maximum Gasteiger partial charge on any atom is 0.344 e. The lowest BCUT2D eigenvalue weighted by Gasteiger charge is -2.12. The van der Waals surface area contributed by atoms with Crippen molar-refractivity contribution in [2.24, 2.45) is 0 Å². The van der Waals surface area contributed by atoms with Crippen LogP contribution < -0.4 is 0 Å². The van der Waals surface area contributed by atoms with Gasteiger partial charge in [-0.05, 0) is 73.8 Å². The first-order valence-corrected chi connectivity index (χ1v) is 12.4. The smallest absolute Gasteiger partial charge is 0.344 e. The fourth-order valence-corrected chi connectivity index (χ4v) is 6.64. The van der Waals surface area contributed by atoms with Crippen molar-refractivity contribution >= 4 is 89.8 Å². The molecular weight excluding hydrogens is 809 g/mol. The van der Waals surface area contributed by atoms with Gasteiger partial charge in [-0.15, -0.1) is 0 Å². The summed E-state index contributed by atoms with van der Waals surface area (Å²) in [5.74, 6) is -12.9. The number of hydrogen-bond acceptors (Lipinski definition) is 7. The number of phenols is 1. The molecule has 0 fully saturated rings. The zero-order chi connectivity index (χ0) is 24.5. The molecule has 0 spiro atoms. The van der Waals surface area contributed by atoms with Gasteiger partial charge >= 0.3 is 22.1 Å². The molecule has 0 saturated heterocycles. The van der Waals surface area contributed by atoms with Crippen molar-refractivity contribution in [3.8, 4) is 5.75 Å². The van der Waals surface area contributed by atoms with Gasteiger partial charge in [-0.25, -0.2) is 27.2 Å². The van der Waals surface area contributed by atoms with Crippen LogP contribution in [-0.4, -0.2) is 43.2 Å². The number of rotatable bonds is 6. The van der Waals surface area contributed by atoms with E-state index in [1.54, 1.807) is 22.6 Å². The highest BCUT2D eigenvalue weighted by molar-refractivity contribution is 14.1. The summed E-state index contributed by atoms with van der Waals surface area (Å²) >= 11 is 5.38. The van der Waals surface area contributed by atoms with E-state index in [4.69, 9.17) is 9.29 Å². The lowest BCUT2D eigenvalue weighted by molar-refractivity contribution is 0.0256. The molecule has 16 heteroatoms. The van der Waals surface area contributed by atoms with Gasteiger partial charge in [-0.2, -0.15) is 8.42 Å². The van der Waals surface area contributed by atoms with Crippen LogP contribution in [0, 0.1) is 34.0 Å². The minimum absolute atomic E-state index is 0.0116. The van der Waals surface area contributed by atoms with Gasteiger partial charge in [-0.1, -0.05) is 0 Å². The van der Waals surface area contributed by atoms with Crippen LogP contribution >= 0.6 is 67.8 Å². The average Bonchev–Trinajstić information content (AvgIpc) is 2.67. The van der Waals surface area contributed by atoms with E-state index in [9.17, 15) is 40.7 Å². The maximum atomic E-state index is 13.9. The first-order chi connectivity index (χ1) is 14.7. The number of esters is 2. The van der Waals surface area contributed by atoms with Gasteiger partial charge in [0.25, 0.3) is 0 Å². The fraction of sp³-hybridized carbons (Fsp3) is 0.125. The quantitative estimate of drug-likeness (QED) is 0.112. The summed E-state index contributed by atoms with van der Waals surface area (Å²) in [6.07, 6.45) is 0. The van der Waals surface area contributed by atoms with E-state index >= 15 is 0 Å². The molecule has 2 rings (SSSR count). The van der Waals surface area contributed by atoms with Gasteiger partial charge in [0, 0.05) is 3.57 Å². The minimum atomic E-state index is -5.68. The van der Waals surface area contributed by atoms with E-state index < -0.39 is 69.0 Å². The molecule has 0 amide bonds. The van der Waals surface area contributed by atoms with Crippen LogP contribution in [0.25, 0.3) is 0 Å². The van der Waals surface area contributed by atoms with Crippen molar-refractivity contribution < 1.29 is 54.7 Å². The predicted octanol–water partition coefficient (Wildman–Crippen LogP) is 4.02. The van der Waals surface area contributed by atoms with E-state index in [0.29, 0.717) is 7.14 Å².